The topological polar surface area (TPSA) is 87.7 Å². The molecule has 0 unspecified atom stereocenters. The van der Waals surface area contributed by atoms with Crippen LogP contribution in [0.1, 0.15) is 27.2 Å². The molecule has 2 N–H and O–H groups in total. The van der Waals surface area contributed by atoms with Crippen molar-refractivity contribution in [3.05, 3.63) is 30.1 Å². The molecule has 0 aliphatic rings. The highest BCUT2D eigenvalue weighted by molar-refractivity contribution is 5.94. The average Bonchev–Trinajstić information content (AvgIpc) is 2.47. The summed E-state index contributed by atoms with van der Waals surface area (Å²) in [7, 11) is 1.49. The number of alkyl carbamates (subject to hydrolysis) is 1. The number of hydrogen-bond acceptors (Lipinski definition) is 4. The van der Waals surface area contributed by atoms with Gasteiger partial charge in [-0.25, -0.2) is 9.18 Å². The van der Waals surface area contributed by atoms with E-state index in [4.69, 9.17) is 4.74 Å². The van der Waals surface area contributed by atoms with Crippen LogP contribution in [0.25, 0.3) is 0 Å². The van der Waals surface area contributed by atoms with E-state index >= 15 is 0 Å². The van der Waals surface area contributed by atoms with Crippen LogP contribution >= 0.6 is 0 Å². The molecule has 1 aromatic rings. The molecule has 0 radical (unpaired) electrons. The summed E-state index contributed by atoms with van der Waals surface area (Å²) in [6.07, 6.45) is -0.559. The molecule has 1 rings (SSSR count). The van der Waals surface area contributed by atoms with E-state index in [1.807, 2.05) is 0 Å². The van der Waals surface area contributed by atoms with Gasteiger partial charge in [0.2, 0.25) is 11.8 Å². The summed E-state index contributed by atoms with van der Waals surface area (Å²) in [6.45, 7) is 5.18. The Bertz CT molecular complexity index is 611. The second kappa shape index (κ2) is 9.00. The molecule has 138 valence electrons. The van der Waals surface area contributed by atoms with Crippen molar-refractivity contribution in [2.45, 2.75) is 32.8 Å². The summed E-state index contributed by atoms with van der Waals surface area (Å²) in [4.78, 5) is 36.5. The second-order valence-electron chi connectivity index (χ2n) is 6.48. The van der Waals surface area contributed by atoms with E-state index in [1.165, 1.54) is 36.2 Å². The predicted molar refractivity (Wildman–Crippen MR) is 91.5 cm³/mol. The Kier molecular flexibility index (Phi) is 7.35. The third-order valence-electron chi connectivity index (χ3n) is 2.94. The number of carbonyl (C=O) groups excluding carboxylic acids is 3. The zero-order chi connectivity index (χ0) is 19.0. The molecule has 25 heavy (non-hydrogen) atoms. The SMILES string of the molecule is CN(CC(=O)Nc1ccc(F)cc1)C(=O)CCNC(=O)OC(C)(C)C. The summed E-state index contributed by atoms with van der Waals surface area (Å²) < 4.78 is 17.9. The van der Waals surface area contributed by atoms with Crippen LogP contribution in [0.2, 0.25) is 0 Å². The molecular weight excluding hydrogens is 329 g/mol. The lowest BCUT2D eigenvalue weighted by molar-refractivity contribution is -0.133. The van der Waals surface area contributed by atoms with E-state index in [0.29, 0.717) is 5.69 Å². The fourth-order valence-electron chi connectivity index (χ4n) is 1.81. The Morgan fingerprint density at radius 3 is 2.32 bits per heavy atom. The zero-order valence-electron chi connectivity index (χ0n) is 14.9. The Hall–Kier alpha value is -2.64. The number of amides is 3. The lowest BCUT2D eigenvalue weighted by Gasteiger charge is -2.20. The summed E-state index contributed by atoms with van der Waals surface area (Å²) in [5.74, 6) is -1.10. The highest BCUT2D eigenvalue weighted by Crippen LogP contribution is 2.08. The van der Waals surface area contributed by atoms with Crippen molar-refractivity contribution in [2.75, 3.05) is 25.5 Å². The van der Waals surface area contributed by atoms with Gasteiger partial charge in [0.1, 0.15) is 11.4 Å². The van der Waals surface area contributed by atoms with Gasteiger partial charge < -0.3 is 20.3 Å². The van der Waals surface area contributed by atoms with Crippen molar-refractivity contribution >= 4 is 23.6 Å². The van der Waals surface area contributed by atoms with Gasteiger partial charge in [0.15, 0.2) is 0 Å². The molecule has 3 amide bonds. The largest absolute Gasteiger partial charge is 0.444 e. The second-order valence-corrected chi connectivity index (χ2v) is 6.48. The van der Waals surface area contributed by atoms with Crippen molar-refractivity contribution < 1.29 is 23.5 Å². The molecule has 8 heteroatoms. The van der Waals surface area contributed by atoms with E-state index in [0.717, 1.165) is 0 Å². The first-order valence-corrected chi connectivity index (χ1v) is 7.83. The fourth-order valence-corrected chi connectivity index (χ4v) is 1.81. The first-order chi connectivity index (χ1) is 11.6. The van der Waals surface area contributed by atoms with Gasteiger partial charge in [-0.15, -0.1) is 0 Å². The van der Waals surface area contributed by atoms with Gasteiger partial charge in [0, 0.05) is 25.7 Å². The van der Waals surface area contributed by atoms with Gasteiger partial charge >= 0.3 is 6.09 Å². The van der Waals surface area contributed by atoms with Crippen LogP contribution in [0.4, 0.5) is 14.9 Å². The number of rotatable bonds is 6. The third-order valence-corrected chi connectivity index (χ3v) is 2.94. The fraction of sp³-hybridized carbons (Fsp3) is 0.471. The molecule has 0 saturated heterocycles. The normalized spacial score (nSPS) is 10.8. The van der Waals surface area contributed by atoms with E-state index in [1.54, 1.807) is 20.8 Å². The highest BCUT2D eigenvalue weighted by Gasteiger charge is 2.17. The molecule has 0 aliphatic heterocycles. The molecule has 7 nitrogen and oxygen atoms in total. The molecule has 0 heterocycles. The Labute approximate surface area is 146 Å². The number of nitrogens with zero attached hydrogens (tertiary/aromatic N) is 1. The van der Waals surface area contributed by atoms with E-state index in [9.17, 15) is 18.8 Å². The van der Waals surface area contributed by atoms with Crippen LogP contribution in [0, 0.1) is 5.82 Å². The lowest BCUT2D eigenvalue weighted by Crippen LogP contribution is -2.38. The number of nitrogens with one attached hydrogen (secondary N) is 2. The van der Waals surface area contributed by atoms with Crippen LogP contribution in [0.5, 0.6) is 0 Å². The molecule has 1 aromatic carbocycles. The number of hydrogen-bond donors (Lipinski definition) is 2. The maximum atomic E-state index is 12.8. The minimum atomic E-state index is -0.608. The third kappa shape index (κ3) is 8.69. The molecule has 0 fully saturated rings. The Balaban J connectivity index is 2.32. The minimum Gasteiger partial charge on any atom is -0.444 e. The summed E-state index contributed by atoms with van der Waals surface area (Å²) >= 11 is 0. The predicted octanol–water partition coefficient (Wildman–Crippen LogP) is 2.14. The van der Waals surface area contributed by atoms with Crippen LogP contribution < -0.4 is 10.6 Å². The van der Waals surface area contributed by atoms with Crippen molar-refractivity contribution in [1.29, 1.82) is 0 Å². The number of halogens is 1. The standard InChI is InChI=1S/C17H24FN3O4/c1-17(2,3)25-16(24)19-10-9-15(23)21(4)11-14(22)20-13-7-5-12(18)6-8-13/h5-8H,9-11H2,1-4H3,(H,19,24)(H,20,22). The van der Waals surface area contributed by atoms with Crippen molar-refractivity contribution in [3.63, 3.8) is 0 Å². The van der Waals surface area contributed by atoms with Crippen molar-refractivity contribution in [2.24, 2.45) is 0 Å². The Morgan fingerprint density at radius 1 is 1.16 bits per heavy atom. The molecule has 0 atom stereocenters. The summed E-state index contributed by atoms with van der Waals surface area (Å²) in [6, 6.07) is 5.32. The van der Waals surface area contributed by atoms with Gasteiger partial charge in [0.05, 0.1) is 6.54 Å². The molecular formula is C17H24FN3O4. The molecule has 0 aromatic heterocycles. The number of benzene rings is 1. The molecule has 0 bridgehead atoms. The van der Waals surface area contributed by atoms with Gasteiger partial charge in [-0.05, 0) is 45.0 Å². The summed E-state index contributed by atoms with van der Waals surface area (Å²) in [5, 5.41) is 5.04. The number of likely N-dealkylation sites (N-methyl/N-ethyl adjacent to an activating group) is 1. The van der Waals surface area contributed by atoms with Gasteiger partial charge in [0.25, 0.3) is 0 Å². The smallest absolute Gasteiger partial charge is 0.407 e. The number of anilines is 1. The van der Waals surface area contributed by atoms with Gasteiger partial charge in [-0.2, -0.15) is 0 Å². The molecule has 0 saturated carbocycles. The maximum absolute atomic E-state index is 12.8. The monoisotopic (exact) mass is 353 g/mol. The number of carbonyl (C=O) groups is 3. The first kappa shape index (κ1) is 20.4. The number of ether oxygens (including phenoxy) is 1. The van der Waals surface area contributed by atoms with Crippen LogP contribution in [0.15, 0.2) is 24.3 Å². The van der Waals surface area contributed by atoms with E-state index in [-0.39, 0.29) is 25.4 Å². The maximum Gasteiger partial charge on any atom is 0.407 e. The van der Waals surface area contributed by atoms with Crippen LogP contribution in [-0.4, -0.2) is 48.5 Å². The average molecular weight is 353 g/mol. The van der Waals surface area contributed by atoms with E-state index < -0.39 is 23.4 Å². The van der Waals surface area contributed by atoms with Gasteiger partial charge in [-0.3, -0.25) is 9.59 Å². The van der Waals surface area contributed by atoms with E-state index in [2.05, 4.69) is 10.6 Å². The molecule has 0 aliphatic carbocycles. The summed E-state index contributed by atoms with van der Waals surface area (Å²) in [5.41, 5.74) is -0.164. The quantitative estimate of drug-likeness (QED) is 0.820. The lowest BCUT2D eigenvalue weighted by atomic mass is 10.2. The van der Waals surface area contributed by atoms with Crippen molar-refractivity contribution in [1.82, 2.24) is 10.2 Å². The Morgan fingerprint density at radius 2 is 1.76 bits per heavy atom. The zero-order valence-corrected chi connectivity index (χ0v) is 14.9. The minimum absolute atomic E-state index is 0.0412. The van der Waals surface area contributed by atoms with Crippen molar-refractivity contribution in [3.8, 4) is 0 Å². The van der Waals surface area contributed by atoms with Crippen LogP contribution in [0.3, 0.4) is 0 Å². The van der Waals surface area contributed by atoms with Gasteiger partial charge in [-0.1, -0.05) is 0 Å². The first-order valence-electron chi connectivity index (χ1n) is 7.83. The molecule has 0 spiro atoms. The van der Waals surface area contributed by atoms with Crippen LogP contribution in [-0.2, 0) is 14.3 Å². The highest BCUT2D eigenvalue weighted by atomic mass is 19.1.